The molecule has 1 fully saturated rings. The van der Waals surface area contributed by atoms with E-state index in [0.29, 0.717) is 5.69 Å². The van der Waals surface area contributed by atoms with E-state index >= 15 is 0 Å². The van der Waals surface area contributed by atoms with E-state index in [1.54, 1.807) is 17.0 Å². The molecule has 0 unspecified atom stereocenters. The lowest BCUT2D eigenvalue weighted by Crippen LogP contribution is -2.38. The molecule has 0 spiro atoms. The molecule has 0 saturated carbocycles. The van der Waals surface area contributed by atoms with E-state index in [4.69, 9.17) is 0 Å². The zero-order valence-corrected chi connectivity index (χ0v) is 14.9. The van der Waals surface area contributed by atoms with Crippen molar-refractivity contribution in [1.29, 1.82) is 0 Å². The van der Waals surface area contributed by atoms with Gasteiger partial charge in [-0.25, -0.2) is 17.6 Å². The number of benzene rings is 2. The average molecular weight is 377 g/mol. The molecule has 6 nitrogen and oxygen atoms in total. The number of amides is 2. The van der Waals surface area contributed by atoms with Crippen molar-refractivity contribution in [2.75, 3.05) is 23.1 Å². The molecule has 0 atom stereocenters. The van der Waals surface area contributed by atoms with E-state index < -0.39 is 15.8 Å². The second kappa shape index (κ2) is 7.74. The molecule has 2 amide bonds. The standard InChI is InChI=1S/C18H20FN3O3S/c19-14-4-6-16(7-5-14)21-26(24,25)17-10-8-15(9-11-17)20-18(23)22-12-2-1-3-13-22/h4-11,21H,1-3,12-13H2,(H,20,23). The van der Waals surface area contributed by atoms with Crippen LogP contribution in [0.25, 0.3) is 0 Å². The molecule has 3 rings (SSSR count). The van der Waals surface area contributed by atoms with E-state index in [-0.39, 0.29) is 16.6 Å². The third-order valence-corrected chi connectivity index (χ3v) is 5.55. The predicted molar refractivity (Wildman–Crippen MR) is 98.1 cm³/mol. The molecule has 138 valence electrons. The lowest BCUT2D eigenvalue weighted by Gasteiger charge is -2.26. The first-order valence-corrected chi connectivity index (χ1v) is 9.87. The molecule has 2 aromatic rings. The summed E-state index contributed by atoms with van der Waals surface area (Å²) >= 11 is 0. The number of sulfonamides is 1. The van der Waals surface area contributed by atoms with Crippen LogP contribution < -0.4 is 10.0 Å². The van der Waals surface area contributed by atoms with Crippen LogP contribution in [-0.4, -0.2) is 32.4 Å². The van der Waals surface area contributed by atoms with Crippen LogP contribution in [0.2, 0.25) is 0 Å². The fourth-order valence-corrected chi connectivity index (χ4v) is 3.81. The van der Waals surface area contributed by atoms with E-state index in [0.717, 1.165) is 32.4 Å². The lowest BCUT2D eigenvalue weighted by molar-refractivity contribution is 0.200. The quantitative estimate of drug-likeness (QED) is 0.854. The van der Waals surface area contributed by atoms with Crippen molar-refractivity contribution in [1.82, 2.24) is 4.90 Å². The van der Waals surface area contributed by atoms with Crippen molar-refractivity contribution in [3.05, 3.63) is 54.3 Å². The Hall–Kier alpha value is -2.61. The van der Waals surface area contributed by atoms with Gasteiger partial charge in [0.2, 0.25) is 0 Å². The van der Waals surface area contributed by atoms with Crippen LogP contribution in [0.3, 0.4) is 0 Å². The Morgan fingerprint density at radius 3 is 2.08 bits per heavy atom. The molecular formula is C18H20FN3O3S. The summed E-state index contributed by atoms with van der Waals surface area (Å²) in [6, 6.07) is 10.8. The fourth-order valence-electron chi connectivity index (χ4n) is 2.75. The molecule has 8 heteroatoms. The van der Waals surface area contributed by atoms with Crippen LogP contribution in [0.5, 0.6) is 0 Å². The Morgan fingerprint density at radius 1 is 0.885 bits per heavy atom. The third kappa shape index (κ3) is 4.51. The molecule has 0 aromatic heterocycles. The Kier molecular flexibility index (Phi) is 5.41. The monoisotopic (exact) mass is 377 g/mol. The maximum atomic E-state index is 12.9. The summed E-state index contributed by atoms with van der Waals surface area (Å²) in [5.74, 6) is -0.443. The number of halogens is 1. The summed E-state index contributed by atoms with van der Waals surface area (Å²) in [5.41, 5.74) is 0.801. The van der Waals surface area contributed by atoms with Crippen molar-refractivity contribution in [3.63, 3.8) is 0 Å². The van der Waals surface area contributed by atoms with Gasteiger partial charge in [0.15, 0.2) is 0 Å². The van der Waals surface area contributed by atoms with Gasteiger partial charge in [0, 0.05) is 24.5 Å². The van der Waals surface area contributed by atoms with Crippen LogP contribution in [0, 0.1) is 5.82 Å². The summed E-state index contributed by atoms with van der Waals surface area (Å²) in [7, 11) is -3.79. The van der Waals surface area contributed by atoms with Crippen LogP contribution in [0.15, 0.2) is 53.4 Å². The van der Waals surface area contributed by atoms with E-state index in [1.165, 1.54) is 36.4 Å². The van der Waals surface area contributed by atoms with Crippen molar-refractivity contribution in [2.45, 2.75) is 24.2 Å². The number of hydrogen-bond donors (Lipinski definition) is 2. The molecule has 2 aromatic carbocycles. The Bertz CT molecular complexity index is 862. The highest BCUT2D eigenvalue weighted by Crippen LogP contribution is 2.19. The largest absolute Gasteiger partial charge is 0.325 e. The number of piperidine rings is 1. The van der Waals surface area contributed by atoms with Gasteiger partial charge in [-0.2, -0.15) is 0 Å². The number of rotatable bonds is 4. The molecule has 26 heavy (non-hydrogen) atoms. The van der Waals surface area contributed by atoms with Gasteiger partial charge in [0.05, 0.1) is 4.90 Å². The van der Waals surface area contributed by atoms with Gasteiger partial charge < -0.3 is 10.2 Å². The smallest absolute Gasteiger partial charge is 0.321 e. The highest BCUT2D eigenvalue weighted by atomic mass is 32.2. The first-order valence-electron chi connectivity index (χ1n) is 8.38. The number of nitrogens with one attached hydrogen (secondary N) is 2. The van der Waals surface area contributed by atoms with Gasteiger partial charge >= 0.3 is 6.03 Å². The van der Waals surface area contributed by atoms with Gasteiger partial charge in [0.1, 0.15) is 5.82 Å². The van der Waals surface area contributed by atoms with Crippen molar-refractivity contribution >= 4 is 27.4 Å². The zero-order valence-electron chi connectivity index (χ0n) is 14.1. The predicted octanol–water partition coefficient (Wildman–Crippen LogP) is 3.64. The SMILES string of the molecule is O=C(Nc1ccc(S(=O)(=O)Nc2ccc(F)cc2)cc1)N1CCCCC1. The molecular weight excluding hydrogens is 357 g/mol. The van der Waals surface area contributed by atoms with Crippen LogP contribution >= 0.6 is 0 Å². The summed E-state index contributed by atoms with van der Waals surface area (Å²) in [6.45, 7) is 1.47. The normalized spacial score (nSPS) is 14.7. The summed E-state index contributed by atoms with van der Waals surface area (Å²) in [6.07, 6.45) is 3.14. The summed E-state index contributed by atoms with van der Waals surface area (Å²) in [4.78, 5) is 14.0. The number of nitrogens with zero attached hydrogens (tertiary/aromatic N) is 1. The molecule has 0 radical (unpaired) electrons. The minimum Gasteiger partial charge on any atom is -0.325 e. The third-order valence-electron chi connectivity index (χ3n) is 4.16. The number of urea groups is 1. The maximum absolute atomic E-state index is 12.9. The molecule has 2 N–H and O–H groups in total. The molecule has 0 bridgehead atoms. The Balaban J connectivity index is 1.66. The van der Waals surface area contributed by atoms with Crippen molar-refractivity contribution in [3.8, 4) is 0 Å². The van der Waals surface area contributed by atoms with Crippen LogP contribution in [0.1, 0.15) is 19.3 Å². The minimum absolute atomic E-state index is 0.0535. The second-order valence-electron chi connectivity index (χ2n) is 6.11. The topological polar surface area (TPSA) is 78.5 Å². The number of carbonyl (C=O) groups excluding carboxylic acids is 1. The second-order valence-corrected chi connectivity index (χ2v) is 7.80. The highest BCUT2D eigenvalue weighted by molar-refractivity contribution is 7.92. The molecule has 1 aliphatic heterocycles. The van der Waals surface area contributed by atoms with Gasteiger partial charge in [-0.05, 0) is 67.8 Å². The first kappa shape index (κ1) is 18.2. The number of hydrogen-bond acceptors (Lipinski definition) is 3. The Labute approximate surface area is 152 Å². The Morgan fingerprint density at radius 2 is 1.46 bits per heavy atom. The number of carbonyl (C=O) groups is 1. The van der Waals surface area contributed by atoms with Gasteiger partial charge in [-0.15, -0.1) is 0 Å². The van der Waals surface area contributed by atoms with Gasteiger partial charge in [-0.3, -0.25) is 4.72 Å². The first-order chi connectivity index (χ1) is 12.4. The van der Waals surface area contributed by atoms with Crippen LogP contribution in [-0.2, 0) is 10.0 Å². The zero-order chi connectivity index (χ0) is 18.6. The molecule has 1 saturated heterocycles. The summed E-state index contributed by atoms with van der Waals surface area (Å²) in [5, 5.41) is 2.78. The van der Waals surface area contributed by atoms with E-state index in [1.807, 2.05) is 0 Å². The van der Waals surface area contributed by atoms with Crippen LogP contribution in [0.4, 0.5) is 20.6 Å². The minimum atomic E-state index is -3.79. The molecule has 1 heterocycles. The van der Waals surface area contributed by atoms with Crippen molar-refractivity contribution < 1.29 is 17.6 Å². The number of anilines is 2. The summed E-state index contributed by atoms with van der Waals surface area (Å²) < 4.78 is 40.0. The average Bonchev–Trinajstić information content (AvgIpc) is 2.64. The van der Waals surface area contributed by atoms with Gasteiger partial charge in [-0.1, -0.05) is 0 Å². The molecule has 0 aliphatic carbocycles. The van der Waals surface area contributed by atoms with Crippen molar-refractivity contribution in [2.24, 2.45) is 0 Å². The van der Waals surface area contributed by atoms with Gasteiger partial charge in [0.25, 0.3) is 10.0 Å². The maximum Gasteiger partial charge on any atom is 0.321 e. The fraction of sp³-hybridized carbons (Fsp3) is 0.278. The van der Waals surface area contributed by atoms with E-state index in [2.05, 4.69) is 10.0 Å². The number of likely N-dealkylation sites (tertiary alicyclic amines) is 1. The lowest BCUT2D eigenvalue weighted by atomic mass is 10.1. The molecule has 1 aliphatic rings. The highest BCUT2D eigenvalue weighted by Gasteiger charge is 2.17. The van der Waals surface area contributed by atoms with E-state index in [9.17, 15) is 17.6 Å².